The van der Waals surface area contributed by atoms with E-state index in [0.29, 0.717) is 11.7 Å². The Bertz CT molecular complexity index is 1090. The van der Waals surface area contributed by atoms with Crippen molar-refractivity contribution in [3.63, 3.8) is 0 Å². The molecule has 2 aromatic heterocycles. The van der Waals surface area contributed by atoms with E-state index in [4.69, 9.17) is 16.5 Å². The highest BCUT2D eigenvalue weighted by atomic mass is 32.1. The molecule has 0 bridgehead atoms. The van der Waals surface area contributed by atoms with Crippen LogP contribution in [-0.2, 0) is 0 Å². The standard InChI is InChI=1S/C25H36N7S/c1-16(19-14-27-28-15-19)10-11-21(26-8)17(2)29-22-18(3)30-23(33-22)32(9)20-12-24(4,5)31-25(6,7)13-20/h8,10-11,14-15,20,31H,12-13H2,1-7,9H3,(H,27,28)/q+1/b16-10+,21-11-,29-17+. The monoisotopic (exact) mass is 466 g/mol. The van der Waals surface area contributed by atoms with Gasteiger partial charge >= 0.3 is 5.70 Å². The number of aliphatic imine (C=N–C) groups is 1. The zero-order valence-electron chi connectivity index (χ0n) is 21.0. The van der Waals surface area contributed by atoms with Gasteiger partial charge in [0, 0.05) is 42.0 Å². The van der Waals surface area contributed by atoms with Gasteiger partial charge in [0.15, 0.2) is 5.13 Å². The Kier molecular flexibility index (Phi) is 7.25. The summed E-state index contributed by atoms with van der Waals surface area (Å²) < 4.78 is 0. The van der Waals surface area contributed by atoms with Crippen molar-refractivity contribution in [2.24, 2.45) is 4.99 Å². The number of thiazole rings is 1. The summed E-state index contributed by atoms with van der Waals surface area (Å²) in [5.41, 5.74) is 4.52. The second kappa shape index (κ2) is 9.62. The van der Waals surface area contributed by atoms with Gasteiger partial charge in [0.25, 0.3) is 6.57 Å². The number of anilines is 1. The Morgan fingerprint density at radius 3 is 2.48 bits per heavy atom. The normalized spacial score (nSPS) is 19.4. The fraction of sp³-hybridized carbons (Fsp3) is 0.520. The van der Waals surface area contributed by atoms with Crippen molar-refractivity contribution in [2.75, 3.05) is 11.9 Å². The van der Waals surface area contributed by atoms with Gasteiger partial charge in [0.05, 0.1) is 11.9 Å². The highest BCUT2D eigenvalue weighted by molar-refractivity contribution is 7.19. The molecule has 1 aliphatic heterocycles. The second-order valence-electron chi connectivity index (χ2n) is 10.2. The Hall–Kier alpha value is -2.76. The van der Waals surface area contributed by atoms with Crippen LogP contribution in [0.5, 0.6) is 0 Å². The van der Waals surface area contributed by atoms with Crippen molar-refractivity contribution < 1.29 is 0 Å². The lowest BCUT2D eigenvalue weighted by Crippen LogP contribution is -2.61. The van der Waals surface area contributed by atoms with E-state index in [0.717, 1.165) is 45.5 Å². The lowest BCUT2D eigenvalue weighted by atomic mass is 9.79. The topological polar surface area (TPSA) is 73.6 Å². The molecule has 3 rings (SSSR count). The summed E-state index contributed by atoms with van der Waals surface area (Å²) in [5.74, 6) is 0. The molecule has 2 N–H and O–H groups in total. The average molecular weight is 467 g/mol. The number of allylic oxidation sites excluding steroid dienone is 4. The molecule has 33 heavy (non-hydrogen) atoms. The van der Waals surface area contributed by atoms with Crippen molar-refractivity contribution in [3.8, 4) is 6.57 Å². The molecule has 7 nitrogen and oxygen atoms in total. The zero-order chi connectivity index (χ0) is 24.4. The van der Waals surface area contributed by atoms with Crippen LogP contribution in [0.25, 0.3) is 10.4 Å². The Labute approximate surface area is 201 Å². The predicted molar refractivity (Wildman–Crippen MR) is 141 cm³/mol. The number of nitrogens with one attached hydrogen (secondary N) is 2. The minimum absolute atomic E-state index is 0.0784. The highest BCUT2D eigenvalue weighted by Crippen LogP contribution is 2.38. The summed E-state index contributed by atoms with van der Waals surface area (Å²) >= 11 is 1.61. The summed E-state index contributed by atoms with van der Waals surface area (Å²) in [4.78, 5) is 15.9. The van der Waals surface area contributed by atoms with Crippen LogP contribution in [0.15, 0.2) is 35.2 Å². The van der Waals surface area contributed by atoms with Crippen molar-refractivity contribution in [1.82, 2.24) is 20.5 Å². The van der Waals surface area contributed by atoms with Gasteiger partial charge in [-0.15, -0.1) is 0 Å². The molecule has 8 heteroatoms. The predicted octanol–water partition coefficient (Wildman–Crippen LogP) is 5.96. The molecule has 0 radical (unpaired) electrons. The number of nitrogens with zero attached hydrogens (tertiary/aromatic N) is 5. The molecule has 1 fully saturated rings. The maximum Gasteiger partial charge on any atom is 0.360 e. The number of aryl methyl sites for hydroxylation is 1. The van der Waals surface area contributed by atoms with Gasteiger partial charge in [-0.1, -0.05) is 17.4 Å². The molecule has 2 aromatic rings. The van der Waals surface area contributed by atoms with Crippen molar-refractivity contribution >= 4 is 32.8 Å². The molecule has 0 amide bonds. The Morgan fingerprint density at radius 2 is 1.91 bits per heavy atom. The second-order valence-corrected chi connectivity index (χ2v) is 11.1. The van der Waals surface area contributed by atoms with Crippen LogP contribution in [-0.4, -0.2) is 45.1 Å². The minimum Gasteiger partial charge on any atom is -0.348 e. The lowest BCUT2D eigenvalue weighted by molar-refractivity contribution is 0.161. The van der Waals surface area contributed by atoms with E-state index in [2.05, 4.69) is 60.0 Å². The van der Waals surface area contributed by atoms with Gasteiger partial charge in [-0.2, -0.15) is 5.10 Å². The van der Waals surface area contributed by atoms with Gasteiger partial charge < -0.3 is 10.2 Å². The van der Waals surface area contributed by atoms with Gasteiger partial charge in [0.2, 0.25) is 0 Å². The third kappa shape index (κ3) is 6.18. The highest BCUT2D eigenvalue weighted by Gasteiger charge is 2.39. The molecule has 0 aromatic carbocycles. The molecule has 0 spiro atoms. The third-order valence-electron chi connectivity index (χ3n) is 6.00. The molecule has 176 valence electrons. The number of hydrogen-bond acceptors (Lipinski definition) is 6. The largest absolute Gasteiger partial charge is 0.360 e. The third-order valence-corrected chi connectivity index (χ3v) is 7.14. The molecule has 0 saturated carbocycles. The van der Waals surface area contributed by atoms with Crippen LogP contribution >= 0.6 is 11.3 Å². The molecular formula is C25H36N7S+. The molecule has 0 atom stereocenters. The molecule has 1 saturated heterocycles. The maximum absolute atomic E-state index is 5.67. The molecular weight excluding hydrogens is 430 g/mol. The number of aromatic amines is 1. The summed E-state index contributed by atoms with van der Waals surface area (Å²) in [6, 6.07) is 0.408. The first kappa shape index (κ1) is 24.9. The molecule has 1 aliphatic rings. The van der Waals surface area contributed by atoms with Crippen LogP contribution in [0.2, 0.25) is 0 Å². The number of hydrogen-bond donors (Lipinski definition) is 2. The first-order valence-corrected chi connectivity index (χ1v) is 12.1. The van der Waals surface area contributed by atoms with Gasteiger partial charge in [0.1, 0.15) is 10.7 Å². The summed E-state index contributed by atoms with van der Waals surface area (Å²) in [6.07, 6.45) is 9.60. The molecule has 0 unspecified atom stereocenters. The van der Waals surface area contributed by atoms with Crippen molar-refractivity contribution in [2.45, 2.75) is 78.4 Å². The fourth-order valence-corrected chi connectivity index (χ4v) is 5.59. The summed E-state index contributed by atoms with van der Waals surface area (Å²) in [6.45, 7) is 20.7. The van der Waals surface area contributed by atoms with Gasteiger partial charge in [-0.25, -0.2) is 9.98 Å². The van der Waals surface area contributed by atoms with Crippen LogP contribution in [0.1, 0.15) is 65.6 Å². The van der Waals surface area contributed by atoms with E-state index in [9.17, 15) is 0 Å². The van der Waals surface area contributed by atoms with E-state index in [1.807, 2.05) is 39.1 Å². The number of piperidine rings is 1. The maximum atomic E-state index is 5.67. The van der Waals surface area contributed by atoms with Crippen LogP contribution < -0.4 is 10.2 Å². The number of rotatable bonds is 6. The molecule has 0 aliphatic carbocycles. The quantitative estimate of drug-likeness (QED) is 0.407. The Morgan fingerprint density at radius 1 is 1.24 bits per heavy atom. The fourth-order valence-electron chi connectivity index (χ4n) is 4.56. The summed E-state index contributed by atoms with van der Waals surface area (Å²) in [5, 5.41) is 12.4. The molecule has 3 heterocycles. The number of H-pyrrole nitrogens is 1. The van der Waals surface area contributed by atoms with Crippen LogP contribution in [0.3, 0.4) is 0 Å². The van der Waals surface area contributed by atoms with E-state index >= 15 is 0 Å². The average Bonchev–Trinajstić information content (AvgIpc) is 3.36. The van der Waals surface area contributed by atoms with Crippen LogP contribution in [0.4, 0.5) is 10.1 Å². The van der Waals surface area contributed by atoms with Gasteiger partial charge in [-0.3, -0.25) is 5.10 Å². The van der Waals surface area contributed by atoms with Crippen molar-refractivity contribution in [3.05, 3.63) is 46.3 Å². The SMILES string of the molecule is C#[N+]C(=C\C=C(/C)c1cn[nH]c1)/C(C)=N/c1sc(N(C)C2CC(C)(C)NC(C)(C)C2)nc1C. The van der Waals surface area contributed by atoms with Gasteiger partial charge in [-0.05, 0) is 71.7 Å². The number of aromatic nitrogens is 3. The minimum atomic E-state index is 0.0784. The van der Waals surface area contributed by atoms with Crippen molar-refractivity contribution in [1.29, 1.82) is 0 Å². The van der Waals surface area contributed by atoms with E-state index in [1.165, 1.54) is 0 Å². The smallest absolute Gasteiger partial charge is 0.348 e. The van der Waals surface area contributed by atoms with Crippen LogP contribution in [0, 0.1) is 13.5 Å². The Balaban J connectivity index is 1.82. The first-order chi connectivity index (χ1) is 15.4. The lowest BCUT2D eigenvalue weighted by Gasteiger charge is -2.48. The van der Waals surface area contributed by atoms with E-state index in [-0.39, 0.29) is 11.1 Å². The van der Waals surface area contributed by atoms with E-state index < -0.39 is 0 Å². The summed E-state index contributed by atoms with van der Waals surface area (Å²) in [7, 11) is 2.14. The van der Waals surface area contributed by atoms with E-state index in [1.54, 1.807) is 17.5 Å². The first-order valence-electron chi connectivity index (χ1n) is 11.2. The zero-order valence-corrected chi connectivity index (χ0v) is 21.8.